The van der Waals surface area contributed by atoms with Gasteiger partial charge in [-0.3, -0.25) is 15.1 Å². The van der Waals surface area contributed by atoms with E-state index >= 15 is 0 Å². The summed E-state index contributed by atoms with van der Waals surface area (Å²) in [5, 5.41) is 25.9. The highest BCUT2D eigenvalue weighted by Gasteiger charge is 2.41. The molecule has 0 aliphatic heterocycles. The number of nitrogens with zero attached hydrogens (tertiary/aromatic N) is 2. The van der Waals surface area contributed by atoms with Crippen LogP contribution in [-0.4, -0.2) is 35.5 Å². The van der Waals surface area contributed by atoms with Gasteiger partial charge in [0, 0.05) is 21.9 Å². The highest BCUT2D eigenvalue weighted by molar-refractivity contribution is 5.94. The Bertz CT molecular complexity index is 1660. The number of fused-ring (bicyclic) bond motifs is 2. The zero-order valence-electron chi connectivity index (χ0n) is 21.1. The van der Waals surface area contributed by atoms with Gasteiger partial charge in [-0.15, -0.1) is 0 Å². The number of aromatic amines is 1. The molecule has 0 spiro atoms. The number of hydrogen-bond acceptors (Lipinski definition) is 6. The summed E-state index contributed by atoms with van der Waals surface area (Å²) in [5.41, 5.74) is 5.45. The number of methoxy groups -OCH3 is 1. The van der Waals surface area contributed by atoms with E-state index in [0.717, 1.165) is 50.1 Å². The molecule has 0 saturated heterocycles. The topological polar surface area (TPSA) is 112 Å². The maximum absolute atomic E-state index is 11.1. The van der Waals surface area contributed by atoms with E-state index in [-0.39, 0.29) is 0 Å². The van der Waals surface area contributed by atoms with Crippen molar-refractivity contribution in [2.24, 2.45) is 0 Å². The second-order valence-electron chi connectivity index (χ2n) is 9.36. The second-order valence-corrected chi connectivity index (χ2v) is 9.36. The zero-order chi connectivity index (χ0) is 26.2. The van der Waals surface area contributed by atoms with Gasteiger partial charge >= 0.3 is 0 Å². The summed E-state index contributed by atoms with van der Waals surface area (Å²) in [6.45, 7) is 2.41. The van der Waals surface area contributed by atoms with E-state index in [0.29, 0.717) is 41.9 Å². The number of carbonyl (C=O) groups excluding carboxylic acids is 1. The van der Waals surface area contributed by atoms with Crippen LogP contribution < -0.4 is 24.8 Å². The molecule has 1 aliphatic carbocycles. The Morgan fingerprint density at radius 2 is 2.03 bits per heavy atom. The van der Waals surface area contributed by atoms with Crippen LogP contribution in [0.3, 0.4) is 0 Å². The van der Waals surface area contributed by atoms with Crippen LogP contribution in [0, 0.1) is 0 Å². The summed E-state index contributed by atoms with van der Waals surface area (Å²) in [4.78, 5) is 11.1. The zero-order valence-corrected chi connectivity index (χ0v) is 21.1. The van der Waals surface area contributed by atoms with E-state index in [1.807, 2.05) is 43.3 Å². The first-order valence-electron chi connectivity index (χ1n) is 12.5. The lowest BCUT2D eigenvalue weighted by atomic mass is 10.0. The van der Waals surface area contributed by atoms with Crippen molar-refractivity contribution < 1.29 is 24.2 Å². The van der Waals surface area contributed by atoms with Crippen LogP contribution in [0.2, 0.25) is 0 Å². The van der Waals surface area contributed by atoms with Crippen molar-refractivity contribution in [3.05, 3.63) is 78.0 Å². The summed E-state index contributed by atoms with van der Waals surface area (Å²) >= 11 is 0. The number of ether oxygens (including phenoxy) is 2. The highest BCUT2D eigenvalue weighted by atomic mass is 16.5. The molecule has 1 aliphatic rings. The van der Waals surface area contributed by atoms with Gasteiger partial charge in [-0.05, 0) is 78.8 Å². The van der Waals surface area contributed by atoms with Gasteiger partial charge in [0.15, 0.2) is 5.82 Å². The fraction of sp³-hybridized carbons (Fsp3) is 0.207. The Labute approximate surface area is 219 Å². The van der Waals surface area contributed by atoms with Gasteiger partial charge in [-0.1, -0.05) is 6.07 Å². The summed E-state index contributed by atoms with van der Waals surface area (Å²) in [6, 6.07) is 19.6. The standard InChI is InChI=1S/C29H27N5O4/c1-3-38-28-15-27-18(5-4-10-34(27)36)12-26(28)31-29-20-8-6-17(11-25(20)32-33-29)21-14-22(21)23-13-19(37-2)7-9-24(23)30-16-35/h4-13,15-16,21-22H,3,14H2,1-2H3,(H3-,30,31,32,33,35,36)/p+1. The number of carbonyl (C=O) groups is 1. The molecule has 4 N–H and O–H groups in total. The van der Waals surface area contributed by atoms with Crippen LogP contribution in [0.15, 0.2) is 66.9 Å². The average molecular weight is 511 g/mol. The van der Waals surface area contributed by atoms with Crippen LogP contribution in [0.1, 0.15) is 36.3 Å². The van der Waals surface area contributed by atoms with Gasteiger partial charge in [0.1, 0.15) is 11.5 Å². The van der Waals surface area contributed by atoms with Crippen molar-refractivity contribution in [2.75, 3.05) is 24.4 Å². The number of rotatable bonds is 9. The number of anilines is 3. The lowest BCUT2D eigenvalue weighted by Gasteiger charge is -2.12. The van der Waals surface area contributed by atoms with Gasteiger partial charge in [-0.2, -0.15) is 5.10 Å². The maximum Gasteiger partial charge on any atom is 0.268 e. The SMILES string of the molecule is CCOc1cc2c(ccc[n+]2O)cc1Nc1n[nH]c2cc(C3CC3c3cc(OC)ccc3NC=O)ccc12. The quantitative estimate of drug-likeness (QED) is 0.123. The molecule has 0 bridgehead atoms. The van der Waals surface area contributed by atoms with Crippen LogP contribution in [-0.2, 0) is 4.79 Å². The number of H-pyrrole nitrogens is 1. The van der Waals surface area contributed by atoms with E-state index in [2.05, 4.69) is 39.0 Å². The van der Waals surface area contributed by atoms with E-state index in [9.17, 15) is 10.0 Å². The Morgan fingerprint density at radius 1 is 1.13 bits per heavy atom. The average Bonchev–Trinajstić information content (AvgIpc) is 3.64. The van der Waals surface area contributed by atoms with Gasteiger partial charge in [0.05, 0.1) is 36.4 Å². The van der Waals surface area contributed by atoms with E-state index in [4.69, 9.17) is 9.47 Å². The van der Waals surface area contributed by atoms with Crippen LogP contribution in [0.4, 0.5) is 17.2 Å². The highest BCUT2D eigenvalue weighted by Crippen LogP contribution is 2.57. The van der Waals surface area contributed by atoms with Crippen molar-refractivity contribution in [2.45, 2.75) is 25.2 Å². The molecule has 6 rings (SSSR count). The number of nitrogens with one attached hydrogen (secondary N) is 3. The smallest absolute Gasteiger partial charge is 0.268 e. The molecule has 1 saturated carbocycles. The number of amides is 1. The minimum atomic E-state index is 0.297. The fourth-order valence-electron chi connectivity index (χ4n) is 5.17. The minimum absolute atomic E-state index is 0.297. The molecule has 2 aromatic heterocycles. The Kier molecular flexibility index (Phi) is 5.95. The van der Waals surface area contributed by atoms with Gasteiger partial charge in [-0.25, -0.2) is 0 Å². The third kappa shape index (κ3) is 4.21. The van der Waals surface area contributed by atoms with Gasteiger partial charge < -0.3 is 20.1 Å². The third-order valence-electron chi connectivity index (χ3n) is 7.11. The molecule has 1 fully saturated rings. The fourth-order valence-corrected chi connectivity index (χ4v) is 5.17. The van der Waals surface area contributed by atoms with E-state index in [1.165, 1.54) is 5.56 Å². The molecule has 9 nitrogen and oxygen atoms in total. The van der Waals surface area contributed by atoms with Crippen molar-refractivity contribution in [1.29, 1.82) is 0 Å². The predicted octanol–water partition coefficient (Wildman–Crippen LogP) is 5.23. The lowest BCUT2D eigenvalue weighted by Crippen LogP contribution is -2.29. The molecule has 0 radical (unpaired) electrons. The molecule has 2 heterocycles. The first-order valence-corrected chi connectivity index (χ1v) is 12.5. The van der Waals surface area contributed by atoms with Crippen molar-refractivity contribution >= 4 is 45.4 Å². The van der Waals surface area contributed by atoms with Crippen LogP contribution >= 0.6 is 0 Å². The molecular formula is C29H28N5O4+. The first-order chi connectivity index (χ1) is 18.6. The summed E-state index contributed by atoms with van der Waals surface area (Å²) < 4.78 is 12.4. The Balaban J connectivity index is 1.28. The molecule has 38 heavy (non-hydrogen) atoms. The Hall–Kier alpha value is -4.79. The van der Waals surface area contributed by atoms with Crippen LogP contribution in [0.5, 0.6) is 11.5 Å². The summed E-state index contributed by atoms with van der Waals surface area (Å²) in [5.74, 6) is 2.73. The predicted molar refractivity (Wildman–Crippen MR) is 145 cm³/mol. The number of hydrogen-bond donors (Lipinski definition) is 4. The van der Waals surface area contributed by atoms with Crippen LogP contribution in [0.25, 0.3) is 21.8 Å². The van der Waals surface area contributed by atoms with Crippen molar-refractivity contribution in [3.8, 4) is 11.5 Å². The Morgan fingerprint density at radius 3 is 2.84 bits per heavy atom. The molecular weight excluding hydrogens is 482 g/mol. The molecule has 2 atom stereocenters. The molecule has 3 aromatic carbocycles. The first kappa shape index (κ1) is 23.6. The monoisotopic (exact) mass is 510 g/mol. The maximum atomic E-state index is 11.1. The summed E-state index contributed by atoms with van der Waals surface area (Å²) in [7, 11) is 1.65. The second kappa shape index (κ2) is 9.59. The molecule has 5 aromatic rings. The lowest BCUT2D eigenvalue weighted by molar-refractivity contribution is -0.884. The van der Waals surface area contributed by atoms with Gasteiger partial charge in [0.2, 0.25) is 12.6 Å². The molecule has 1 amide bonds. The van der Waals surface area contributed by atoms with Crippen molar-refractivity contribution in [3.63, 3.8) is 0 Å². The normalized spacial score (nSPS) is 16.4. The molecule has 2 unspecified atom stereocenters. The number of aromatic nitrogens is 3. The van der Waals surface area contributed by atoms with E-state index in [1.54, 1.807) is 19.4 Å². The minimum Gasteiger partial charge on any atom is -0.497 e. The largest absolute Gasteiger partial charge is 0.497 e. The molecule has 9 heteroatoms. The third-order valence-corrected chi connectivity index (χ3v) is 7.11. The number of benzene rings is 3. The molecule has 192 valence electrons. The van der Waals surface area contributed by atoms with Gasteiger partial charge in [0.25, 0.3) is 5.52 Å². The van der Waals surface area contributed by atoms with E-state index < -0.39 is 0 Å². The van der Waals surface area contributed by atoms with Crippen molar-refractivity contribution in [1.82, 2.24) is 10.2 Å². The summed E-state index contributed by atoms with van der Waals surface area (Å²) in [6.07, 6.45) is 3.29. The number of pyridine rings is 1.